The van der Waals surface area contributed by atoms with Gasteiger partial charge in [0.15, 0.2) is 0 Å². The van der Waals surface area contributed by atoms with Crippen molar-refractivity contribution in [3.05, 3.63) is 108 Å². The minimum Gasteiger partial charge on any atom is -0.324 e. The van der Waals surface area contributed by atoms with E-state index in [-0.39, 0.29) is 40.3 Å². The van der Waals surface area contributed by atoms with Gasteiger partial charge in [0.25, 0.3) is 5.91 Å². The average molecular weight is 489 g/mol. The van der Waals surface area contributed by atoms with Crippen LogP contribution in [0.4, 0.5) is 17.3 Å². The fraction of sp³-hybridized carbons (Fsp3) is 0.107. The minimum absolute atomic E-state index is 0.00307. The highest BCUT2D eigenvalue weighted by Crippen LogP contribution is 2.24. The standard InChI is InChI=1S/C28H25N7O/c1-18-11-23(14-24(12-18)35-16-20(3)31-17-35)32-27(36)21-7-6-19(2)26(13-21)34-28-30-10-8-25(33-28)22-5-4-9-29-15-22/h4-17H,1-3H3,(H,32,36)(H,30,33,34)/i2D3,4D,5D,6D,7D,9D,11D,12D,13D,14D,15D. The first kappa shape index (κ1) is 12.2. The molecule has 178 valence electrons. The van der Waals surface area contributed by atoms with E-state index in [0.29, 0.717) is 5.69 Å². The predicted molar refractivity (Wildman–Crippen MR) is 141 cm³/mol. The predicted octanol–water partition coefficient (Wildman–Crippen LogP) is 5.65. The Morgan fingerprint density at radius 2 is 2.03 bits per heavy atom. The molecule has 2 N–H and O–H groups in total. The number of rotatable bonds is 6. The van der Waals surface area contributed by atoms with E-state index in [0.717, 1.165) is 6.20 Å². The topological polar surface area (TPSA) is 97.6 Å². The Hall–Kier alpha value is -4.85. The Bertz CT molecular complexity index is 2180. The molecule has 3 aromatic heterocycles. The summed E-state index contributed by atoms with van der Waals surface area (Å²) in [6, 6.07) is -3.52. The van der Waals surface area contributed by atoms with Gasteiger partial charge in [0.05, 0.1) is 31.4 Å². The van der Waals surface area contributed by atoms with E-state index in [4.69, 9.17) is 17.8 Å². The van der Waals surface area contributed by atoms with Gasteiger partial charge in [0, 0.05) is 57.0 Å². The molecule has 0 aliphatic heterocycles. The number of imidazole rings is 1. The van der Waals surface area contributed by atoms with Crippen LogP contribution in [0, 0.1) is 20.7 Å². The van der Waals surface area contributed by atoms with E-state index >= 15 is 0 Å². The van der Waals surface area contributed by atoms with Gasteiger partial charge in [-0.3, -0.25) is 9.78 Å². The average Bonchev–Trinajstić information content (AvgIpc) is 3.45. The van der Waals surface area contributed by atoms with Gasteiger partial charge in [-0.05, 0) is 80.2 Å². The number of hydrogen-bond donors (Lipinski definition) is 2. The third-order valence-corrected chi connectivity index (χ3v) is 4.73. The quantitative estimate of drug-likeness (QED) is 0.321. The van der Waals surface area contributed by atoms with Crippen LogP contribution in [0.1, 0.15) is 45.0 Å². The molecule has 36 heavy (non-hydrogen) atoms. The summed E-state index contributed by atoms with van der Waals surface area (Å²) in [6.45, 7) is 0.0467. The summed E-state index contributed by atoms with van der Waals surface area (Å²) in [5.74, 6) is -1.61. The number of anilines is 3. The number of carbonyl (C=O) groups is 1. The number of carbonyl (C=O) groups excluding carboxylic acids is 1. The van der Waals surface area contributed by atoms with Crippen molar-refractivity contribution in [2.75, 3.05) is 10.6 Å². The van der Waals surface area contributed by atoms with Crippen molar-refractivity contribution in [3.63, 3.8) is 0 Å². The van der Waals surface area contributed by atoms with Crippen molar-refractivity contribution in [1.29, 1.82) is 0 Å². The molecule has 0 unspecified atom stereocenters. The molecule has 8 heteroatoms. The van der Waals surface area contributed by atoms with Crippen LogP contribution in [0.3, 0.4) is 0 Å². The molecule has 0 atom stereocenters. The molecular formula is C28H25N7O. The van der Waals surface area contributed by atoms with Crippen molar-refractivity contribution in [2.24, 2.45) is 0 Å². The van der Waals surface area contributed by atoms with Gasteiger partial charge in [-0.2, -0.15) is 0 Å². The fourth-order valence-electron chi connectivity index (χ4n) is 3.12. The molecule has 0 bridgehead atoms. The first-order valence-corrected chi connectivity index (χ1v) is 10.5. The Morgan fingerprint density at radius 1 is 1.11 bits per heavy atom. The number of aryl methyl sites for hydroxylation is 1. The number of pyridine rings is 1. The zero-order chi connectivity index (χ0) is 36.3. The maximum atomic E-state index is 13.8. The highest BCUT2D eigenvalue weighted by molar-refractivity contribution is 6.05. The molecular weight excluding hydrogens is 450 g/mol. The Labute approximate surface area is 227 Å². The summed E-state index contributed by atoms with van der Waals surface area (Å²) in [4.78, 5) is 29.7. The lowest BCUT2D eigenvalue weighted by atomic mass is 10.1. The Balaban J connectivity index is 1.64. The van der Waals surface area contributed by atoms with E-state index in [2.05, 4.69) is 30.6 Å². The molecule has 0 fully saturated rings. The van der Waals surface area contributed by atoms with Crippen LogP contribution in [0.15, 0.2) is 85.5 Å². The van der Waals surface area contributed by atoms with E-state index < -0.39 is 84.1 Å². The van der Waals surface area contributed by atoms with Crippen molar-refractivity contribution in [1.82, 2.24) is 24.5 Å². The van der Waals surface area contributed by atoms with E-state index in [1.54, 1.807) is 13.1 Å². The summed E-state index contributed by atoms with van der Waals surface area (Å²) in [5.41, 5.74) is -2.26. The van der Waals surface area contributed by atoms with Gasteiger partial charge in [0.1, 0.15) is 0 Å². The normalized spacial score (nSPS) is 16.2. The van der Waals surface area contributed by atoms with Crippen LogP contribution in [-0.2, 0) is 0 Å². The zero-order valence-electron chi connectivity index (χ0n) is 32.0. The largest absolute Gasteiger partial charge is 0.324 e. The third kappa shape index (κ3) is 5.12. The number of nitrogens with zero attached hydrogens (tertiary/aromatic N) is 5. The van der Waals surface area contributed by atoms with Gasteiger partial charge in [-0.15, -0.1) is 0 Å². The monoisotopic (exact) mass is 488 g/mol. The zero-order valence-corrected chi connectivity index (χ0v) is 19.0. The van der Waals surface area contributed by atoms with Crippen LogP contribution < -0.4 is 10.6 Å². The summed E-state index contributed by atoms with van der Waals surface area (Å²) in [6.07, 6.45) is 2.94. The van der Waals surface area contributed by atoms with Gasteiger partial charge < -0.3 is 15.2 Å². The molecule has 0 aliphatic carbocycles. The molecule has 5 rings (SSSR count). The second-order valence-electron chi connectivity index (χ2n) is 7.45. The summed E-state index contributed by atoms with van der Waals surface area (Å²) >= 11 is 0. The van der Waals surface area contributed by atoms with Crippen molar-refractivity contribution in [3.8, 4) is 16.9 Å². The summed E-state index contributed by atoms with van der Waals surface area (Å²) in [5, 5.41) is 4.89. The maximum absolute atomic E-state index is 13.8. The number of hydrogen-bond acceptors (Lipinski definition) is 6. The Kier molecular flexibility index (Phi) is 3.32. The number of nitrogens with one attached hydrogen (secondary N) is 2. The number of benzene rings is 2. The molecule has 0 spiro atoms. The maximum Gasteiger partial charge on any atom is 0.255 e. The van der Waals surface area contributed by atoms with Crippen molar-refractivity contribution < 1.29 is 22.6 Å². The lowest BCUT2D eigenvalue weighted by molar-refractivity contribution is 0.102. The van der Waals surface area contributed by atoms with Crippen LogP contribution >= 0.6 is 0 Å². The van der Waals surface area contributed by atoms with Gasteiger partial charge in [-0.25, -0.2) is 15.0 Å². The molecule has 3 heterocycles. The highest BCUT2D eigenvalue weighted by atomic mass is 16.1. The summed E-state index contributed by atoms with van der Waals surface area (Å²) < 4.78 is 109. The lowest BCUT2D eigenvalue weighted by Crippen LogP contribution is -2.13. The van der Waals surface area contributed by atoms with Crippen LogP contribution in [0.25, 0.3) is 16.9 Å². The minimum atomic E-state index is -3.09. The molecule has 1 amide bonds. The number of aromatic nitrogens is 5. The van der Waals surface area contributed by atoms with Crippen LogP contribution in [0.5, 0.6) is 0 Å². The highest BCUT2D eigenvalue weighted by Gasteiger charge is 2.12. The first-order chi connectivity index (χ1) is 22.8. The second kappa shape index (κ2) is 9.79. The Morgan fingerprint density at radius 3 is 2.86 bits per heavy atom. The van der Waals surface area contributed by atoms with E-state index in [1.165, 1.54) is 23.9 Å². The van der Waals surface area contributed by atoms with Crippen LogP contribution in [0.2, 0.25) is 0 Å². The third-order valence-electron chi connectivity index (χ3n) is 4.73. The van der Waals surface area contributed by atoms with Crippen molar-refractivity contribution >= 4 is 23.2 Å². The van der Waals surface area contributed by atoms with E-state index in [9.17, 15) is 4.79 Å². The molecule has 0 aliphatic rings. The van der Waals surface area contributed by atoms with Gasteiger partial charge in [0.2, 0.25) is 5.95 Å². The smallest absolute Gasteiger partial charge is 0.255 e. The molecule has 2 aromatic carbocycles. The van der Waals surface area contributed by atoms with Gasteiger partial charge in [-0.1, -0.05) is 6.04 Å². The first-order valence-electron chi connectivity index (χ1n) is 17.0. The molecule has 0 radical (unpaired) electrons. The van der Waals surface area contributed by atoms with E-state index in [1.807, 2.05) is 0 Å². The molecule has 5 aromatic rings. The fourth-order valence-corrected chi connectivity index (χ4v) is 3.12. The second-order valence-corrected chi connectivity index (χ2v) is 7.45. The molecule has 0 saturated heterocycles. The lowest BCUT2D eigenvalue weighted by Gasteiger charge is -2.13. The van der Waals surface area contributed by atoms with Crippen molar-refractivity contribution in [2.45, 2.75) is 20.7 Å². The van der Waals surface area contributed by atoms with Crippen LogP contribution in [-0.4, -0.2) is 30.4 Å². The molecule has 8 nitrogen and oxygen atoms in total. The van der Waals surface area contributed by atoms with Gasteiger partial charge >= 0.3 is 0 Å². The number of amides is 1. The SMILES string of the molecule is [2H]c1nc([2H])c(-c2ccnc(Nc3c([2H])c(C(=O)Nc4c([2H])c(C)c([2H])c(-n5cnc(C)c5)c4[2H])c([2H])c([2H])c3C([2H])([2H])[2H])n2)c([2H])c1[2H]. The molecule has 0 saturated carbocycles. The summed E-state index contributed by atoms with van der Waals surface area (Å²) in [7, 11) is 0.